The third-order valence-corrected chi connectivity index (χ3v) is 8.42. The van der Waals surface area contributed by atoms with Gasteiger partial charge >= 0.3 is 13.4 Å². The molecule has 0 aliphatic heterocycles. The van der Waals surface area contributed by atoms with E-state index in [1.807, 2.05) is 0 Å². The highest BCUT2D eigenvalue weighted by molar-refractivity contribution is 9.09. The van der Waals surface area contributed by atoms with Crippen LogP contribution in [0.25, 0.3) is 0 Å². The van der Waals surface area contributed by atoms with Crippen LogP contribution in [0.15, 0.2) is 42.5 Å². The van der Waals surface area contributed by atoms with Gasteiger partial charge in [0.25, 0.3) is 5.91 Å². The molecular formula is C27H27Br2F4N4O7P. The second-order valence-corrected chi connectivity index (χ2v) is 12.8. The molecule has 18 heteroatoms. The largest absolute Gasteiger partial charge is 0.483 e. The molecule has 0 atom stereocenters. The quantitative estimate of drug-likeness (QED) is 0.0401. The van der Waals surface area contributed by atoms with Crippen LogP contribution in [0.4, 0.5) is 23.2 Å². The Bertz CT molecular complexity index is 1560. The summed E-state index contributed by atoms with van der Waals surface area (Å²) in [5.41, 5.74) is -1.30. The summed E-state index contributed by atoms with van der Waals surface area (Å²) >= 11 is 6.26. The van der Waals surface area contributed by atoms with Gasteiger partial charge < -0.3 is 18.9 Å². The Hall–Kier alpha value is -3.08. The highest BCUT2D eigenvalue weighted by Crippen LogP contribution is 2.40. The lowest BCUT2D eigenvalue weighted by molar-refractivity contribution is -0.385. The van der Waals surface area contributed by atoms with Crippen LogP contribution in [0.1, 0.15) is 21.5 Å². The number of hydrogen-bond donors (Lipinski definition) is 2. The Morgan fingerprint density at radius 2 is 1.58 bits per heavy atom. The van der Waals surface area contributed by atoms with Crippen molar-refractivity contribution in [3.05, 3.63) is 92.5 Å². The number of benzene rings is 3. The molecule has 0 aromatic heterocycles. The maximum atomic E-state index is 14.9. The van der Waals surface area contributed by atoms with E-state index in [4.69, 9.17) is 14.0 Å². The first kappa shape index (κ1) is 36.4. The van der Waals surface area contributed by atoms with Gasteiger partial charge in [-0.05, 0) is 35.9 Å². The topological polar surface area (TPSA) is 132 Å². The minimum Gasteiger partial charge on any atom is -0.483 e. The number of ether oxygens (including phenoxy) is 2. The highest BCUT2D eigenvalue weighted by Gasteiger charge is 2.30. The van der Waals surface area contributed by atoms with Crippen molar-refractivity contribution in [3.63, 3.8) is 0 Å². The Morgan fingerprint density at radius 1 is 0.956 bits per heavy atom. The Labute approximate surface area is 272 Å². The van der Waals surface area contributed by atoms with E-state index in [2.05, 4.69) is 42.0 Å². The van der Waals surface area contributed by atoms with E-state index in [1.54, 1.807) is 14.1 Å². The molecule has 0 spiro atoms. The molecule has 2 N–H and O–H groups in total. The Kier molecular flexibility index (Phi) is 13.3. The molecule has 0 saturated carbocycles. The molecule has 0 aliphatic rings. The standard InChI is InChI=1S/C27H27Br2F4N4O7P/c1-36(2)27(38)17-4-3-5-18(13-17)44-21-12-16(6-7-20(21)37(39)40)14-42-26-24(32)22(30)19(23(31)25(26)33)15-43-45(41,34-10-8-28)35-11-9-29/h3-7,12-13H,8-11,14-15H2,1-2H3,(H2,34,35,41). The Balaban J connectivity index is 1.84. The van der Waals surface area contributed by atoms with Gasteiger partial charge in [-0.1, -0.05) is 37.9 Å². The first-order valence-electron chi connectivity index (χ1n) is 12.9. The van der Waals surface area contributed by atoms with Crippen molar-refractivity contribution in [1.29, 1.82) is 0 Å². The molecule has 3 rings (SSSR count). The summed E-state index contributed by atoms with van der Waals surface area (Å²) in [6, 6.07) is 9.23. The zero-order valence-electron chi connectivity index (χ0n) is 23.8. The lowest BCUT2D eigenvalue weighted by Gasteiger charge is -2.20. The fourth-order valence-electron chi connectivity index (χ4n) is 3.71. The van der Waals surface area contributed by atoms with Gasteiger partial charge in [0.15, 0.2) is 17.4 Å². The molecule has 45 heavy (non-hydrogen) atoms. The third-order valence-electron chi connectivity index (χ3n) is 5.85. The number of carbonyl (C=O) groups is 1. The number of nitro groups is 1. The minimum atomic E-state index is -3.85. The molecule has 0 fully saturated rings. The van der Waals surface area contributed by atoms with E-state index >= 15 is 0 Å². The van der Waals surface area contributed by atoms with Crippen molar-refractivity contribution >= 4 is 51.1 Å². The first-order valence-corrected chi connectivity index (χ1v) is 16.8. The predicted octanol–water partition coefficient (Wildman–Crippen LogP) is 6.82. The number of nitrogens with zero attached hydrogens (tertiary/aromatic N) is 2. The van der Waals surface area contributed by atoms with Crippen molar-refractivity contribution < 1.29 is 45.8 Å². The van der Waals surface area contributed by atoms with Gasteiger partial charge in [-0.15, -0.1) is 0 Å². The van der Waals surface area contributed by atoms with Crippen LogP contribution >= 0.6 is 39.5 Å². The van der Waals surface area contributed by atoms with Gasteiger partial charge in [0.2, 0.25) is 17.4 Å². The van der Waals surface area contributed by atoms with Gasteiger partial charge in [0, 0.05) is 49.5 Å². The summed E-state index contributed by atoms with van der Waals surface area (Å²) in [7, 11) is -0.766. The number of nitro benzene ring substituents is 1. The maximum absolute atomic E-state index is 14.9. The number of alkyl halides is 2. The van der Waals surface area contributed by atoms with E-state index in [-0.39, 0.29) is 41.6 Å². The van der Waals surface area contributed by atoms with Crippen molar-refractivity contribution in [2.24, 2.45) is 0 Å². The summed E-state index contributed by atoms with van der Waals surface area (Å²) in [6.45, 7) is -1.48. The number of carbonyl (C=O) groups excluding carboxylic acids is 1. The van der Waals surface area contributed by atoms with Crippen molar-refractivity contribution in [1.82, 2.24) is 15.1 Å². The second kappa shape index (κ2) is 16.5. The molecule has 3 aromatic carbocycles. The van der Waals surface area contributed by atoms with Crippen LogP contribution in [0.2, 0.25) is 0 Å². The molecule has 3 aromatic rings. The summed E-state index contributed by atoms with van der Waals surface area (Å²) < 4.78 is 88.3. The predicted molar refractivity (Wildman–Crippen MR) is 164 cm³/mol. The van der Waals surface area contributed by atoms with E-state index in [0.717, 1.165) is 12.1 Å². The molecule has 0 bridgehead atoms. The average molecular weight is 786 g/mol. The highest BCUT2D eigenvalue weighted by atomic mass is 79.9. The second-order valence-electron chi connectivity index (χ2n) is 9.26. The zero-order valence-corrected chi connectivity index (χ0v) is 27.8. The smallest absolute Gasteiger partial charge is 0.341 e. The summed E-state index contributed by atoms with van der Waals surface area (Å²) in [5, 5.41) is 17.4. The molecule has 0 aliphatic carbocycles. The van der Waals surface area contributed by atoms with Crippen LogP contribution in [0.3, 0.4) is 0 Å². The molecule has 0 saturated heterocycles. The maximum Gasteiger partial charge on any atom is 0.341 e. The zero-order chi connectivity index (χ0) is 33.3. The van der Waals surface area contributed by atoms with Crippen LogP contribution in [-0.2, 0) is 22.3 Å². The van der Waals surface area contributed by atoms with Crippen molar-refractivity contribution in [2.45, 2.75) is 13.2 Å². The van der Waals surface area contributed by atoms with E-state index in [0.29, 0.717) is 10.7 Å². The number of rotatable bonds is 16. The number of hydrogen-bond acceptors (Lipinski definition) is 7. The molecule has 244 valence electrons. The van der Waals surface area contributed by atoms with Crippen LogP contribution in [0.5, 0.6) is 17.2 Å². The molecule has 11 nitrogen and oxygen atoms in total. The summed E-state index contributed by atoms with van der Waals surface area (Å²) in [5.74, 6) is -9.33. The van der Waals surface area contributed by atoms with Crippen molar-refractivity contribution in [2.75, 3.05) is 37.8 Å². The van der Waals surface area contributed by atoms with E-state index in [1.165, 1.54) is 35.2 Å². The molecular weight excluding hydrogens is 759 g/mol. The van der Waals surface area contributed by atoms with Gasteiger partial charge in [-0.25, -0.2) is 19.0 Å². The third kappa shape index (κ3) is 9.47. The van der Waals surface area contributed by atoms with Gasteiger partial charge in [0.1, 0.15) is 12.4 Å². The van der Waals surface area contributed by atoms with Gasteiger partial charge in [0.05, 0.1) is 17.1 Å². The minimum absolute atomic E-state index is 0.0808. The van der Waals surface area contributed by atoms with Crippen LogP contribution in [-0.4, -0.2) is 53.6 Å². The molecule has 0 heterocycles. The molecule has 1 amide bonds. The van der Waals surface area contributed by atoms with Gasteiger partial charge in [-0.2, -0.15) is 8.78 Å². The fraction of sp³-hybridized carbons (Fsp3) is 0.296. The number of halogens is 6. The fourth-order valence-corrected chi connectivity index (χ4v) is 6.13. The monoisotopic (exact) mass is 784 g/mol. The van der Waals surface area contributed by atoms with Crippen LogP contribution < -0.4 is 19.6 Å². The first-order chi connectivity index (χ1) is 21.3. The number of amides is 1. The normalized spacial score (nSPS) is 11.4. The lowest BCUT2D eigenvalue weighted by Crippen LogP contribution is -2.27. The summed E-state index contributed by atoms with van der Waals surface area (Å²) in [4.78, 5) is 24.5. The SMILES string of the molecule is CN(C)C(=O)c1cccc(Oc2cc(COc3c(F)c(F)c(COP(=O)(NCCBr)NCCBr)c(F)c3F)ccc2[N+](=O)[O-])c1. The Morgan fingerprint density at radius 3 is 2.13 bits per heavy atom. The van der Waals surface area contributed by atoms with Crippen molar-refractivity contribution in [3.8, 4) is 17.2 Å². The van der Waals surface area contributed by atoms with Gasteiger partial charge in [-0.3, -0.25) is 19.5 Å². The van der Waals surface area contributed by atoms with E-state index < -0.39 is 66.1 Å². The molecule has 0 radical (unpaired) electrons. The summed E-state index contributed by atoms with van der Waals surface area (Å²) in [6.07, 6.45) is 0. The lowest BCUT2D eigenvalue weighted by atomic mass is 10.1. The average Bonchev–Trinajstić information content (AvgIpc) is 3.01. The number of nitrogens with one attached hydrogen (secondary N) is 2. The van der Waals surface area contributed by atoms with Crippen LogP contribution in [0, 0.1) is 33.4 Å². The van der Waals surface area contributed by atoms with E-state index in [9.17, 15) is 37.0 Å². The molecule has 0 unspecified atom stereocenters.